The fourth-order valence-electron chi connectivity index (χ4n) is 4.91. The molecule has 0 aromatic heterocycles. The second-order valence-corrected chi connectivity index (χ2v) is 45.0. The van der Waals surface area contributed by atoms with Crippen LogP contribution in [0.4, 0.5) is 0 Å². The number of fused-ring (bicyclic) bond motifs is 4. The van der Waals surface area contributed by atoms with Gasteiger partial charge in [0.2, 0.25) is 0 Å². The Kier molecular flexibility index (Phi) is 4.70. The first-order valence-corrected chi connectivity index (χ1v) is 29.0. The van der Waals surface area contributed by atoms with E-state index in [1.165, 1.54) is 0 Å². The van der Waals surface area contributed by atoms with E-state index >= 15 is 0 Å². The molecule has 4 saturated heterocycles. The van der Waals surface area contributed by atoms with Gasteiger partial charge < -0.3 is 32.9 Å². The molecule has 32 heavy (non-hydrogen) atoms. The Morgan fingerprint density at radius 3 is 0.406 bits per heavy atom. The molecule has 8 nitrogen and oxygen atoms in total. The van der Waals surface area contributed by atoms with Crippen molar-refractivity contribution in [3.8, 4) is 0 Å². The second kappa shape index (κ2) is 6.51. The molecule has 168 valence electrons. The molecule has 0 spiro atoms. The van der Waals surface area contributed by atoms with E-state index in [2.05, 4.69) is 52.6 Å². The Labute approximate surface area is 195 Å². The zero-order valence-electron chi connectivity index (χ0n) is 17.5. The normalized spacial score (nSPS) is 56.5. The predicted molar refractivity (Wildman–Crippen MR) is 136 cm³/mol. The summed E-state index contributed by atoms with van der Waals surface area (Å²) in [5, 5.41) is 0. The zero-order chi connectivity index (χ0) is 23.3. The van der Waals surface area contributed by atoms with E-state index in [9.17, 15) is 0 Å². The highest BCUT2D eigenvalue weighted by Crippen LogP contribution is 2.60. The van der Waals surface area contributed by atoms with Crippen LogP contribution in [0, 0.1) is 0 Å². The van der Waals surface area contributed by atoms with E-state index in [0.717, 1.165) is 0 Å². The third-order valence-electron chi connectivity index (χ3n) is 6.52. The molecule has 0 aromatic carbocycles. The summed E-state index contributed by atoms with van der Waals surface area (Å²) >= 11 is 0. The average Bonchev–Trinajstić information content (AvgIpc) is 2.82. The lowest BCUT2D eigenvalue weighted by Gasteiger charge is -2.73. The lowest BCUT2D eigenvalue weighted by atomic mass is 11.3. The molecule has 4 fully saturated rings. The van der Waals surface area contributed by atoms with Gasteiger partial charge in [-0.25, -0.2) is 0 Å². The minimum absolute atomic E-state index is 1.66. The van der Waals surface area contributed by atoms with Crippen molar-refractivity contribution in [1.82, 2.24) is 0 Å². The average molecular weight is 569 g/mol. The van der Waals surface area contributed by atoms with Gasteiger partial charge in [-0.15, -0.1) is 52.6 Å². The zero-order valence-corrected chi connectivity index (χ0v) is 25.5. The molecule has 4 heterocycles. The van der Waals surface area contributed by atoms with Gasteiger partial charge in [-0.3, -0.25) is 0 Å². The van der Waals surface area contributed by atoms with Crippen LogP contribution in [0.15, 0.2) is 98.2 Å². The van der Waals surface area contributed by atoms with E-state index in [4.69, 9.17) is 32.9 Å². The van der Waals surface area contributed by atoms with E-state index in [-0.39, 0.29) is 0 Å². The highest BCUT2D eigenvalue weighted by atomic mass is 29.4. The summed E-state index contributed by atoms with van der Waals surface area (Å²) < 4.78 is 55.8. The third-order valence-corrected chi connectivity index (χ3v) is 65.4. The van der Waals surface area contributed by atoms with Crippen LogP contribution >= 0.6 is 0 Å². The number of hydrogen-bond donors (Lipinski definition) is 0. The molecule has 16 heteroatoms. The molecule has 0 bridgehead atoms. The van der Waals surface area contributed by atoms with Crippen molar-refractivity contribution in [2.45, 2.75) is 0 Å². The van der Waals surface area contributed by atoms with Crippen LogP contribution in [0.2, 0.25) is 0 Å². The Hall–Kier alpha value is -0.665. The van der Waals surface area contributed by atoms with Gasteiger partial charge in [0.15, 0.2) is 0 Å². The van der Waals surface area contributed by atoms with Gasteiger partial charge in [0.05, 0.1) is 0 Å². The predicted octanol–water partition coefficient (Wildman–Crippen LogP) is 1.84. The SMILES string of the molecule is C=C[Si]12O[Si]3(C=C)O[Si]4(C=C)O[Si](C=C)(O1)[Si]1(C=C)O[Si]2(C=C)O[Si]3(C=C)O[Si]4(C=C)O1. The number of rotatable bonds is 8. The van der Waals surface area contributed by atoms with Crippen LogP contribution < -0.4 is 0 Å². The summed E-state index contributed by atoms with van der Waals surface area (Å²) in [6.07, 6.45) is 0. The monoisotopic (exact) mass is 568 g/mol. The van der Waals surface area contributed by atoms with Crippen LogP contribution in [-0.4, -0.2) is 64.6 Å². The van der Waals surface area contributed by atoms with E-state index in [1.54, 1.807) is 45.6 Å². The lowest BCUT2D eigenvalue weighted by Crippen LogP contribution is -3.05. The van der Waals surface area contributed by atoms with E-state index in [0.29, 0.717) is 0 Å². The van der Waals surface area contributed by atoms with Gasteiger partial charge in [0, 0.05) is 0 Å². The fourth-order valence-corrected chi connectivity index (χ4v) is 96.9. The maximum atomic E-state index is 6.98. The highest BCUT2D eigenvalue weighted by Gasteiger charge is 2.96. The van der Waals surface area contributed by atoms with Crippen molar-refractivity contribution in [2.24, 2.45) is 0 Å². The fraction of sp³-hybridized carbons (Fsp3) is 0. The molecule has 0 atom stereocenters. The van der Waals surface area contributed by atoms with Crippen molar-refractivity contribution in [2.75, 3.05) is 0 Å². The molecule has 0 amide bonds. The molecule has 0 unspecified atom stereocenters. The van der Waals surface area contributed by atoms with Crippen molar-refractivity contribution >= 4 is 64.6 Å². The Morgan fingerprint density at radius 1 is 0.250 bits per heavy atom. The molecular weight excluding hydrogens is 545 g/mol. The van der Waals surface area contributed by atoms with Crippen LogP contribution in [0.1, 0.15) is 0 Å². The summed E-state index contributed by atoms with van der Waals surface area (Å²) in [4.78, 5) is 0. The van der Waals surface area contributed by atoms with Crippen LogP contribution in [-0.2, 0) is 32.9 Å². The van der Waals surface area contributed by atoms with Gasteiger partial charge in [0.25, 0.3) is 0 Å². The largest absolute Gasteiger partial charge is 0.407 e. The number of hydrogen-bond acceptors (Lipinski definition) is 8. The molecular formula is C16H24O8Si8. The first-order valence-electron chi connectivity index (χ1n) is 9.84. The Bertz CT molecular complexity index is 772. The molecule has 0 aliphatic carbocycles. The van der Waals surface area contributed by atoms with E-state index in [1.807, 2.05) is 0 Å². The highest BCUT2D eigenvalue weighted by molar-refractivity contribution is 7.63. The topological polar surface area (TPSA) is 73.8 Å². The smallest absolute Gasteiger partial charge is 0.396 e. The first-order chi connectivity index (χ1) is 15.1. The summed E-state index contributed by atoms with van der Waals surface area (Å²) in [6, 6.07) is 0. The quantitative estimate of drug-likeness (QED) is 0.411. The summed E-state index contributed by atoms with van der Waals surface area (Å²) in [6.45, 7) is 32.5. The van der Waals surface area contributed by atoms with Gasteiger partial charge in [-0.05, 0) is 45.6 Å². The lowest BCUT2D eigenvalue weighted by molar-refractivity contribution is 0.153. The third kappa shape index (κ3) is 2.04. The van der Waals surface area contributed by atoms with E-state index < -0.39 is 64.6 Å². The Balaban J connectivity index is 1.97. The standard InChI is InChI=1S/C16H24O8Si8/c1-9-25-17-27(11-3)21-31(15-7)22-28(12-4,18-25)30(14-6)20-26(25,10-2)19-29(27,13-5)23-32(31,16-8)24-30/h9-16H,1-8H2. The van der Waals surface area contributed by atoms with Gasteiger partial charge in [0.1, 0.15) is 0 Å². The summed E-state index contributed by atoms with van der Waals surface area (Å²) in [5.74, 6) is 0. The van der Waals surface area contributed by atoms with Crippen molar-refractivity contribution in [3.63, 3.8) is 0 Å². The van der Waals surface area contributed by atoms with Gasteiger partial charge in [-0.2, -0.15) is 0 Å². The minimum atomic E-state index is -3.50. The van der Waals surface area contributed by atoms with Crippen molar-refractivity contribution in [3.05, 3.63) is 98.2 Å². The van der Waals surface area contributed by atoms with Gasteiger partial charge in [-0.1, -0.05) is 0 Å². The molecule has 4 rings (SSSR count). The van der Waals surface area contributed by atoms with Crippen LogP contribution in [0.3, 0.4) is 0 Å². The van der Waals surface area contributed by atoms with Crippen molar-refractivity contribution < 1.29 is 32.9 Å². The molecule has 0 aromatic rings. The van der Waals surface area contributed by atoms with Crippen molar-refractivity contribution in [1.29, 1.82) is 0 Å². The molecule has 4 aliphatic rings. The van der Waals surface area contributed by atoms with Gasteiger partial charge >= 0.3 is 64.6 Å². The minimum Gasteiger partial charge on any atom is -0.407 e. The first kappa shape index (κ1) is 23.1. The molecule has 0 saturated carbocycles. The molecule has 0 N–H and O–H groups in total. The molecule has 4 aliphatic heterocycles. The maximum absolute atomic E-state index is 6.98. The van der Waals surface area contributed by atoms with Crippen LogP contribution in [0.25, 0.3) is 0 Å². The molecule has 0 radical (unpaired) electrons. The maximum Gasteiger partial charge on any atom is 0.396 e. The summed E-state index contributed by atoms with van der Waals surface area (Å²) in [5.41, 5.74) is 13.3. The van der Waals surface area contributed by atoms with Crippen LogP contribution in [0.5, 0.6) is 0 Å². The summed E-state index contributed by atoms with van der Waals surface area (Å²) in [7, 11) is -28.0. The second-order valence-electron chi connectivity index (χ2n) is 7.79. The Morgan fingerprint density at radius 2 is 0.344 bits per heavy atom.